The second-order valence-electron chi connectivity index (χ2n) is 4.24. The lowest BCUT2D eigenvalue weighted by Gasteiger charge is -2.14. The number of carboxylic acids is 1. The van der Waals surface area contributed by atoms with Gasteiger partial charge in [0.1, 0.15) is 6.54 Å². The molecule has 0 aliphatic heterocycles. The maximum absolute atomic E-state index is 10.5. The van der Waals surface area contributed by atoms with E-state index >= 15 is 0 Å². The minimum Gasteiger partial charge on any atom is -0.480 e. The first-order valence-electron chi connectivity index (χ1n) is 5.66. The fourth-order valence-electron chi connectivity index (χ4n) is 1.46. The van der Waals surface area contributed by atoms with E-state index in [1.807, 2.05) is 13.8 Å². The molecule has 0 bridgehead atoms. The zero-order chi connectivity index (χ0) is 13.7. The molecule has 0 fully saturated rings. The smallest absolute Gasteiger partial charge is 0.322 e. The number of carboxylic acid groups (broad SMARTS) is 1. The molecule has 0 aliphatic rings. The van der Waals surface area contributed by atoms with Gasteiger partial charge in [-0.05, 0) is 12.0 Å². The third-order valence-electron chi connectivity index (χ3n) is 2.47. The average molecular weight is 247 g/mol. The van der Waals surface area contributed by atoms with Gasteiger partial charge in [-0.2, -0.15) is 0 Å². The predicted octanol–water partition coefficient (Wildman–Crippen LogP) is 2.23. The summed E-state index contributed by atoms with van der Waals surface area (Å²) in [6.07, 6.45) is 0. The van der Waals surface area contributed by atoms with Gasteiger partial charge in [-0.1, -0.05) is 32.0 Å². The van der Waals surface area contributed by atoms with Crippen LogP contribution in [0.3, 0.4) is 0 Å². The Morgan fingerprint density at radius 3 is 2.50 bits per heavy atom. The first-order valence-corrected chi connectivity index (χ1v) is 5.66. The molecule has 0 radical (unpaired) electrons. The van der Waals surface area contributed by atoms with E-state index in [0.29, 0.717) is 11.3 Å². The molecular formula is C13H17N3O2. The molecule has 0 saturated heterocycles. The van der Waals surface area contributed by atoms with E-state index in [9.17, 15) is 4.79 Å². The number of carbonyl (C=O) groups is 1. The zero-order valence-corrected chi connectivity index (χ0v) is 10.4. The van der Waals surface area contributed by atoms with Crippen LogP contribution < -0.4 is 5.32 Å². The zero-order valence-electron chi connectivity index (χ0n) is 10.4. The predicted molar refractivity (Wildman–Crippen MR) is 72.0 cm³/mol. The quantitative estimate of drug-likeness (QED) is 0.580. The van der Waals surface area contributed by atoms with Crippen molar-refractivity contribution in [1.82, 2.24) is 0 Å². The first-order chi connectivity index (χ1) is 8.43. The molecule has 96 valence electrons. The van der Waals surface area contributed by atoms with Crippen LogP contribution in [0.4, 0.5) is 5.69 Å². The summed E-state index contributed by atoms with van der Waals surface area (Å²) in [6, 6.07) is 6.95. The van der Waals surface area contributed by atoms with Crippen molar-refractivity contribution < 1.29 is 9.90 Å². The van der Waals surface area contributed by atoms with E-state index in [2.05, 4.69) is 5.32 Å². The number of benzene rings is 1. The molecular weight excluding hydrogens is 230 g/mol. The Morgan fingerprint density at radius 1 is 1.33 bits per heavy atom. The maximum atomic E-state index is 10.5. The molecule has 1 rings (SSSR count). The van der Waals surface area contributed by atoms with Gasteiger partial charge >= 0.3 is 5.97 Å². The highest BCUT2D eigenvalue weighted by Crippen LogP contribution is 2.17. The third kappa shape index (κ3) is 3.41. The molecule has 0 aliphatic carbocycles. The van der Waals surface area contributed by atoms with Crippen LogP contribution in [-0.4, -0.2) is 29.0 Å². The Labute approximate surface area is 106 Å². The van der Waals surface area contributed by atoms with E-state index in [0.717, 1.165) is 0 Å². The van der Waals surface area contributed by atoms with Crippen LogP contribution in [0.5, 0.6) is 0 Å². The molecule has 1 aromatic rings. The highest BCUT2D eigenvalue weighted by atomic mass is 16.4. The Kier molecular flexibility index (Phi) is 4.59. The van der Waals surface area contributed by atoms with Gasteiger partial charge < -0.3 is 15.8 Å². The fraction of sp³-hybridized carbons (Fsp3) is 0.308. The summed E-state index contributed by atoms with van der Waals surface area (Å²) in [5.74, 6) is -1.000. The summed E-state index contributed by atoms with van der Waals surface area (Å²) in [6.45, 7) is 3.49. The van der Waals surface area contributed by atoms with Gasteiger partial charge in [-0.3, -0.25) is 10.2 Å². The van der Waals surface area contributed by atoms with Gasteiger partial charge in [0.15, 0.2) is 0 Å². The highest BCUT2D eigenvalue weighted by molar-refractivity contribution is 6.47. The molecule has 0 aromatic heterocycles. The number of hydrogen-bond donors (Lipinski definition) is 4. The van der Waals surface area contributed by atoms with Gasteiger partial charge in [0.25, 0.3) is 0 Å². The number of rotatable bonds is 6. The van der Waals surface area contributed by atoms with E-state index < -0.39 is 5.97 Å². The van der Waals surface area contributed by atoms with Crippen molar-refractivity contribution >= 4 is 23.1 Å². The van der Waals surface area contributed by atoms with Gasteiger partial charge in [0.2, 0.25) is 0 Å². The lowest BCUT2D eigenvalue weighted by molar-refractivity contribution is -0.134. The minimum atomic E-state index is -0.963. The largest absolute Gasteiger partial charge is 0.480 e. The standard InChI is InChI=1S/C13H17N3O2/c1-8(2)12(14)13(15)9-5-3-4-6-10(9)16-7-11(17)18/h3-6,8,14-16H,7H2,1-2H3,(H,17,18). The molecule has 18 heavy (non-hydrogen) atoms. The van der Waals surface area contributed by atoms with Crippen molar-refractivity contribution in [3.63, 3.8) is 0 Å². The van der Waals surface area contributed by atoms with E-state index in [1.165, 1.54) is 0 Å². The Morgan fingerprint density at radius 2 is 1.94 bits per heavy atom. The van der Waals surface area contributed by atoms with Crippen LogP contribution in [0.1, 0.15) is 19.4 Å². The van der Waals surface area contributed by atoms with Crippen LogP contribution >= 0.6 is 0 Å². The first kappa shape index (κ1) is 13.9. The van der Waals surface area contributed by atoms with Gasteiger partial charge in [-0.15, -0.1) is 0 Å². The molecule has 0 heterocycles. The van der Waals surface area contributed by atoms with Crippen molar-refractivity contribution in [3.05, 3.63) is 29.8 Å². The summed E-state index contributed by atoms with van der Waals surface area (Å²) < 4.78 is 0. The Bertz CT molecular complexity index is 481. The van der Waals surface area contributed by atoms with Crippen molar-refractivity contribution in [3.8, 4) is 0 Å². The number of para-hydroxylation sites is 1. The van der Waals surface area contributed by atoms with Crippen LogP contribution in [-0.2, 0) is 4.79 Å². The Balaban J connectivity index is 2.98. The molecule has 5 nitrogen and oxygen atoms in total. The van der Waals surface area contributed by atoms with E-state index in [4.69, 9.17) is 15.9 Å². The summed E-state index contributed by atoms with van der Waals surface area (Å²) in [5.41, 5.74) is 1.48. The highest BCUT2D eigenvalue weighted by Gasteiger charge is 2.14. The minimum absolute atomic E-state index is 0.0370. The molecule has 0 atom stereocenters. The second-order valence-corrected chi connectivity index (χ2v) is 4.24. The van der Waals surface area contributed by atoms with Crippen LogP contribution in [0.2, 0.25) is 0 Å². The van der Waals surface area contributed by atoms with Crippen molar-refractivity contribution in [1.29, 1.82) is 10.8 Å². The normalized spacial score (nSPS) is 10.2. The molecule has 0 spiro atoms. The van der Waals surface area contributed by atoms with E-state index in [-0.39, 0.29) is 23.9 Å². The number of nitrogens with one attached hydrogen (secondary N) is 3. The number of hydrogen-bond acceptors (Lipinski definition) is 4. The Hall–Kier alpha value is -2.17. The van der Waals surface area contributed by atoms with Crippen LogP contribution in [0.15, 0.2) is 24.3 Å². The van der Waals surface area contributed by atoms with Crippen molar-refractivity contribution in [2.75, 3.05) is 11.9 Å². The maximum Gasteiger partial charge on any atom is 0.322 e. The fourth-order valence-corrected chi connectivity index (χ4v) is 1.46. The third-order valence-corrected chi connectivity index (χ3v) is 2.47. The summed E-state index contributed by atoms with van der Waals surface area (Å²) in [5, 5.41) is 27.2. The van der Waals surface area contributed by atoms with Crippen molar-refractivity contribution in [2.24, 2.45) is 5.92 Å². The van der Waals surface area contributed by atoms with E-state index in [1.54, 1.807) is 24.3 Å². The SMILES string of the molecule is CC(C)C(=N)C(=N)c1ccccc1NCC(=O)O. The summed E-state index contributed by atoms with van der Waals surface area (Å²) >= 11 is 0. The monoisotopic (exact) mass is 247 g/mol. The van der Waals surface area contributed by atoms with Gasteiger partial charge in [0.05, 0.1) is 11.4 Å². The topological polar surface area (TPSA) is 97.0 Å². The summed E-state index contributed by atoms with van der Waals surface area (Å²) in [7, 11) is 0. The average Bonchev–Trinajstić information content (AvgIpc) is 2.34. The molecule has 5 heteroatoms. The van der Waals surface area contributed by atoms with Crippen LogP contribution in [0, 0.1) is 16.7 Å². The number of aliphatic carboxylic acids is 1. The molecule has 0 saturated carbocycles. The van der Waals surface area contributed by atoms with Crippen LogP contribution in [0.25, 0.3) is 0 Å². The molecule has 4 N–H and O–H groups in total. The lowest BCUT2D eigenvalue weighted by atomic mass is 9.97. The second kappa shape index (κ2) is 5.95. The molecule has 0 amide bonds. The van der Waals surface area contributed by atoms with Gasteiger partial charge in [0, 0.05) is 11.3 Å². The lowest BCUT2D eigenvalue weighted by Crippen LogP contribution is -2.21. The number of anilines is 1. The molecule has 1 aromatic carbocycles. The van der Waals surface area contributed by atoms with Crippen molar-refractivity contribution in [2.45, 2.75) is 13.8 Å². The molecule has 0 unspecified atom stereocenters. The summed E-state index contributed by atoms with van der Waals surface area (Å²) in [4.78, 5) is 10.5. The van der Waals surface area contributed by atoms with Gasteiger partial charge in [-0.25, -0.2) is 0 Å².